The maximum atomic E-state index is 11.6. The fraction of sp³-hybridized carbons (Fsp3) is 0.467. The quantitative estimate of drug-likeness (QED) is 0.575. The van der Waals surface area contributed by atoms with Crippen LogP contribution in [0.15, 0.2) is 17.0 Å². The summed E-state index contributed by atoms with van der Waals surface area (Å²) in [6, 6.07) is 3.37. The highest BCUT2D eigenvalue weighted by molar-refractivity contribution is 7.80. The summed E-state index contributed by atoms with van der Waals surface area (Å²) in [6.45, 7) is 7.55. The lowest BCUT2D eigenvalue weighted by atomic mass is 10.0. The zero-order valence-electron chi connectivity index (χ0n) is 12.7. The molecule has 5 nitrogen and oxygen atoms in total. The smallest absolute Gasteiger partial charge is 0.336 e. The van der Waals surface area contributed by atoms with Gasteiger partial charge in [-0.3, -0.25) is 4.79 Å². The molecular weight excluding hydrogens is 290 g/mol. The van der Waals surface area contributed by atoms with Gasteiger partial charge in [0.25, 0.3) is 0 Å². The van der Waals surface area contributed by atoms with E-state index in [1.165, 1.54) is 0 Å². The Bertz CT molecular complexity index is 549. The second-order valence-electron chi connectivity index (χ2n) is 5.78. The molecule has 0 fully saturated rings. The minimum absolute atomic E-state index is 0.0649. The Hall–Kier alpha value is -1.53. The van der Waals surface area contributed by atoms with Crippen molar-refractivity contribution in [2.45, 2.75) is 44.7 Å². The van der Waals surface area contributed by atoms with Gasteiger partial charge < -0.3 is 15.2 Å². The summed E-state index contributed by atoms with van der Waals surface area (Å²) in [7, 11) is 0. The first-order chi connectivity index (χ1) is 9.60. The SMILES string of the molecule is Cc1c(S)cc(CNCC(=O)OC(C)(C)C)cc1C(=O)O. The fourth-order valence-electron chi connectivity index (χ4n) is 1.77. The Morgan fingerprint density at radius 3 is 2.48 bits per heavy atom. The van der Waals surface area contributed by atoms with Crippen molar-refractivity contribution >= 4 is 24.6 Å². The minimum atomic E-state index is -0.989. The van der Waals surface area contributed by atoms with Gasteiger partial charge in [0.05, 0.1) is 12.1 Å². The molecule has 2 N–H and O–H groups in total. The van der Waals surface area contributed by atoms with E-state index < -0.39 is 11.6 Å². The van der Waals surface area contributed by atoms with Crippen molar-refractivity contribution in [1.29, 1.82) is 0 Å². The predicted octanol–water partition coefficient (Wildman–Crippen LogP) is 2.41. The standard InChI is InChI=1S/C15H21NO4S/c1-9-11(14(18)19)5-10(6-12(9)21)7-16-8-13(17)20-15(2,3)4/h5-6,16,21H,7-8H2,1-4H3,(H,18,19). The van der Waals surface area contributed by atoms with Gasteiger partial charge in [-0.1, -0.05) is 0 Å². The molecule has 0 bridgehead atoms. The Morgan fingerprint density at radius 2 is 1.95 bits per heavy atom. The number of esters is 1. The van der Waals surface area contributed by atoms with Crippen molar-refractivity contribution in [3.05, 3.63) is 28.8 Å². The summed E-state index contributed by atoms with van der Waals surface area (Å²) in [5.41, 5.74) is 1.09. The zero-order chi connectivity index (χ0) is 16.2. The van der Waals surface area contributed by atoms with E-state index >= 15 is 0 Å². The molecule has 1 aromatic carbocycles. The molecule has 0 aliphatic rings. The third-order valence-electron chi connectivity index (χ3n) is 2.69. The first kappa shape index (κ1) is 17.5. The maximum Gasteiger partial charge on any atom is 0.336 e. The number of carboxylic acids is 1. The van der Waals surface area contributed by atoms with Crippen molar-refractivity contribution in [2.24, 2.45) is 0 Å². The molecule has 0 radical (unpaired) electrons. The van der Waals surface area contributed by atoms with Crippen LogP contribution in [0, 0.1) is 6.92 Å². The van der Waals surface area contributed by atoms with Crippen LogP contribution in [-0.4, -0.2) is 29.2 Å². The largest absolute Gasteiger partial charge is 0.478 e. The van der Waals surface area contributed by atoms with Gasteiger partial charge in [-0.05, 0) is 51.0 Å². The van der Waals surface area contributed by atoms with E-state index in [1.807, 2.05) is 0 Å². The summed E-state index contributed by atoms with van der Waals surface area (Å²) in [5, 5.41) is 12.1. The number of ether oxygens (including phenoxy) is 1. The van der Waals surface area contributed by atoms with Gasteiger partial charge >= 0.3 is 11.9 Å². The van der Waals surface area contributed by atoms with Crippen molar-refractivity contribution in [3.63, 3.8) is 0 Å². The van der Waals surface area contributed by atoms with Crippen LogP contribution in [0.4, 0.5) is 0 Å². The van der Waals surface area contributed by atoms with Crippen LogP contribution in [0.25, 0.3) is 0 Å². The van der Waals surface area contributed by atoms with Crippen molar-refractivity contribution in [3.8, 4) is 0 Å². The number of hydrogen-bond acceptors (Lipinski definition) is 5. The fourth-order valence-corrected chi connectivity index (χ4v) is 2.05. The minimum Gasteiger partial charge on any atom is -0.478 e. The molecule has 1 aromatic rings. The lowest BCUT2D eigenvalue weighted by molar-refractivity contribution is -0.153. The van der Waals surface area contributed by atoms with Crippen LogP contribution in [0.1, 0.15) is 42.3 Å². The Morgan fingerprint density at radius 1 is 1.33 bits per heavy atom. The molecule has 21 heavy (non-hydrogen) atoms. The van der Waals surface area contributed by atoms with E-state index in [0.29, 0.717) is 17.0 Å². The number of rotatable bonds is 5. The highest BCUT2D eigenvalue weighted by atomic mass is 32.1. The number of aromatic carboxylic acids is 1. The molecule has 0 saturated carbocycles. The molecule has 0 unspecified atom stereocenters. The maximum absolute atomic E-state index is 11.6. The van der Waals surface area contributed by atoms with Gasteiger partial charge in [0, 0.05) is 11.4 Å². The summed E-state index contributed by atoms with van der Waals surface area (Å²) in [5.74, 6) is -1.34. The average molecular weight is 311 g/mol. The van der Waals surface area contributed by atoms with Crippen LogP contribution < -0.4 is 5.32 Å². The second-order valence-corrected chi connectivity index (χ2v) is 6.26. The Balaban J connectivity index is 2.65. The molecule has 0 heterocycles. The van der Waals surface area contributed by atoms with Gasteiger partial charge in [0.15, 0.2) is 0 Å². The molecule has 116 valence electrons. The van der Waals surface area contributed by atoms with Gasteiger partial charge in [-0.2, -0.15) is 0 Å². The predicted molar refractivity (Wildman–Crippen MR) is 82.9 cm³/mol. The van der Waals surface area contributed by atoms with Gasteiger partial charge in [-0.15, -0.1) is 12.6 Å². The normalized spacial score (nSPS) is 11.3. The number of nitrogens with one attached hydrogen (secondary N) is 1. The van der Waals surface area contributed by atoms with E-state index in [0.717, 1.165) is 5.56 Å². The highest BCUT2D eigenvalue weighted by Crippen LogP contribution is 2.20. The van der Waals surface area contributed by atoms with Gasteiger partial charge in [0.2, 0.25) is 0 Å². The number of carboxylic acid groups (broad SMARTS) is 1. The number of benzene rings is 1. The molecule has 0 spiro atoms. The molecule has 0 aromatic heterocycles. The summed E-state index contributed by atoms with van der Waals surface area (Å²) >= 11 is 4.27. The third kappa shape index (κ3) is 5.77. The van der Waals surface area contributed by atoms with Crippen molar-refractivity contribution < 1.29 is 19.4 Å². The van der Waals surface area contributed by atoms with Crippen LogP contribution in [-0.2, 0) is 16.1 Å². The van der Waals surface area contributed by atoms with E-state index in [-0.39, 0.29) is 18.1 Å². The summed E-state index contributed by atoms with van der Waals surface area (Å²) < 4.78 is 5.17. The second kappa shape index (κ2) is 6.95. The van der Waals surface area contributed by atoms with E-state index in [4.69, 9.17) is 9.84 Å². The molecule has 0 aliphatic carbocycles. The molecular formula is C15H21NO4S. The van der Waals surface area contributed by atoms with E-state index in [1.54, 1.807) is 39.8 Å². The van der Waals surface area contributed by atoms with Crippen LogP contribution in [0.2, 0.25) is 0 Å². The van der Waals surface area contributed by atoms with Crippen LogP contribution >= 0.6 is 12.6 Å². The number of thiol groups is 1. The molecule has 1 rings (SSSR count). The highest BCUT2D eigenvalue weighted by Gasteiger charge is 2.16. The Kier molecular flexibility index (Phi) is 5.80. The van der Waals surface area contributed by atoms with Crippen molar-refractivity contribution in [1.82, 2.24) is 5.32 Å². The lowest BCUT2D eigenvalue weighted by Crippen LogP contribution is -2.31. The lowest BCUT2D eigenvalue weighted by Gasteiger charge is -2.19. The molecule has 0 saturated heterocycles. The molecule has 0 atom stereocenters. The van der Waals surface area contributed by atoms with Crippen LogP contribution in [0.3, 0.4) is 0 Å². The number of carbonyl (C=O) groups is 2. The number of hydrogen-bond donors (Lipinski definition) is 3. The van der Waals surface area contributed by atoms with Crippen molar-refractivity contribution in [2.75, 3.05) is 6.54 Å². The molecule has 0 amide bonds. The summed E-state index contributed by atoms with van der Waals surface area (Å²) in [4.78, 5) is 23.3. The number of carbonyl (C=O) groups excluding carboxylic acids is 1. The molecule has 6 heteroatoms. The monoisotopic (exact) mass is 311 g/mol. The Labute approximate surface area is 130 Å². The summed E-state index contributed by atoms with van der Waals surface area (Å²) in [6.07, 6.45) is 0. The first-order valence-electron chi connectivity index (χ1n) is 6.58. The van der Waals surface area contributed by atoms with Crippen LogP contribution in [0.5, 0.6) is 0 Å². The van der Waals surface area contributed by atoms with Gasteiger partial charge in [0.1, 0.15) is 5.60 Å². The average Bonchev–Trinajstić information content (AvgIpc) is 2.30. The third-order valence-corrected chi connectivity index (χ3v) is 3.15. The van der Waals surface area contributed by atoms with Gasteiger partial charge in [-0.25, -0.2) is 4.79 Å². The topological polar surface area (TPSA) is 75.6 Å². The van der Waals surface area contributed by atoms with E-state index in [9.17, 15) is 9.59 Å². The molecule has 0 aliphatic heterocycles. The zero-order valence-corrected chi connectivity index (χ0v) is 13.6. The van der Waals surface area contributed by atoms with E-state index in [2.05, 4.69) is 17.9 Å². The first-order valence-corrected chi connectivity index (χ1v) is 7.03.